The number of aliphatic hydroxyl groups is 1. The van der Waals surface area contributed by atoms with Crippen molar-refractivity contribution < 1.29 is 19.5 Å². The minimum Gasteiger partial charge on any atom is -0.394 e. The summed E-state index contributed by atoms with van der Waals surface area (Å²) in [5, 5.41) is 16.1. The molecule has 1 aromatic rings. The number of nitrogens with one attached hydrogen (secondary N) is 2. The van der Waals surface area contributed by atoms with Crippen molar-refractivity contribution >= 4 is 45.4 Å². The lowest BCUT2D eigenvalue weighted by Gasteiger charge is -2.39. The maximum Gasteiger partial charge on any atom is 0.244 e. The van der Waals surface area contributed by atoms with E-state index in [0.29, 0.717) is 6.42 Å². The predicted octanol–water partition coefficient (Wildman–Crippen LogP) is 1.85. The summed E-state index contributed by atoms with van der Waals surface area (Å²) in [6, 6.07) is 7.82. The molecule has 174 valence electrons. The molecule has 1 spiro atoms. The highest BCUT2D eigenvalue weighted by Gasteiger charge is 2.76. The molecule has 3 heterocycles. The molecule has 1 aromatic carbocycles. The van der Waals surface area contributed by atoms with Crippen molar-refractivity contribution in [1.82, 2.24) is 15.5 Å². The van der Waals surface area contributed by atoms with E-state index in [-0.39, 0.29) is 34.4 Å². The Morgan fingerprint density at radius 1 is 1.28 bits per heavy atom. The summed E-state index contributed by atoms with van der Waals surface area (Å²) in [6.45, 7) is 5.40. The third-order valence-electron chi connectivity index (χ3n) is 6.72. The number of rotatable bonds is 5. The third kappa shape index (κ3) is 3.56. The fourth-order valence-electron chi connectivity index (χ4n) is 5.64. The van der Waals surface area contributed by atoms with Crippen LogP contribution in [0, 0.1) is 11.8 Å². The Morgan fingerprint density at radius 2 is 1.94 bits per heavy atom. The highest BCUT2D eigenvalue weighted by atomic mass is 79.9. The number of nitrogens with zero attached hydrogens (tertiary/aromatic N) is 1. The highest BCUT2D eigenvalue weighted by Crippen LogP contribution is 2.68. The smallest absolute Gasteiger partial charge is 0.244 e. The van der Waals surface area contributed by atoms with Gasteiger partial charge >= 0.3 is 0 Å². The van der Waals surface area contributed by atoms with Gasteiger partial charge in [-0.3, -0.25) is 14.4 Å². The molecule has 3 unspecified atom stereocenters. The number of benzene rings is 1. The van der Waals surface area contributed by atoms with E-state index in [0.717, 1.165) is 5.56 Å². The average Bonchev–Trinajstić information content (AvgIpc) is 3.31. The van der Waals surface area contributed by atoms with Crippen molar-refractivity contribution in [2.24, 2.45) is 11.8 Å². The van der Waals surface area contributed by atoms with Crippen LogP contribution in [-0.2, 0) is 14.4 Å². The van der Waals surface area contributed by atoms with Gasteiger partial charge in [-0.05, 0) is 32.8 Å². The molecule has 3 aliphatic heterocycles. The number of aliphatic hydroxyl groups excluding tert-OH is 1. The first-order chi connectivity index (χ1) is 15.1. The summed E-state index contributed by atoms with van der Waals surface area (Å²) in [6.07, 6.45) is 0.609. The van der Waals surface area contributed by atoms with Crippen LogP contribution in [0.4, 0.5) is 0 Å². The maximum atomic E-state index is 14.0. The molecule has 3 amide bonds. The molecule has 0 saturated carbocycles. The summed E-state index contributed by atoms with van der Waals surface area (Å²) >= 11 is 5.32. The van der Waals surface area contributed by atoms with Crippen LogP contribution in [-0.4, -0.2) is 67.8 Å². The molecule has 7 nitrogen and oxygen atoms in total. The van der Waals surface area contributed by atoms with Gasteiger partial charge in [0.05, 0.1) is 29.2 Å². The summed E-state index contributed by atoms with van der Waals surface area (Å²) < 4.78 is -0.732. The van der Waals surface area contributed by atoms with E-state index in [4.69, 9.17) is 0 Å². The number of hydrogen-bond donors (Lipinski definition) is 3. The lowest BCUT2D eigenvalue weighted by molar-refractivity contribution is -0.143. The first-order valence-corrected chi connectivity index (χ1v) is 12.7. The Morgan fingerprint density at radius 3 is 2.50 bits per heavy atom. The van der Waals surface area contributed by atoms with Crippen molar-refractivity contribution in [3.63, 3.8) is 0 Å². The van der Waals surface area contributed by atoms with E-state index in [1.807, 2.05) is 51.1 Å². The van der Waals surface area contributed by atoms with E-state index in [9.17, 15) is 19.5 Å². The topological polar surface area (TPSA) is 98.7 Å². The van der Waals surface area contributed by atoms with E-state index < -0.39 is 34.2 Å². The maximum absolute atomic E-state index is 14.0. The number of halogens is 1. The molecule has 0 aromatic heterocycles. The van der Waals surface area contributed by atoms with Gasteiger partial charge in [-0.1, -0.05) is 46.3 Å². The zero-order valence-corrected chi connectivity index (χ0v) is 21.1. The second kappa shape index (κ2) is 8.33. The van der Waals surface area contributed by atoms with E-state index in [1.165, 1.54) is 0 Å². The van der Waals surface area contributed by atoms with E-state index in [1.54, 1.807) is 23.7 Å². The van der Waals surface area contributed by atoms with Gasteiger partial charge in [0.25, 0.3) is 0 Å². The monoisotopic (exact) mass is 523 g/mol. The van der Waals surface area contributed by atoms with Crippen molar-refractivity contribution in [1.29, 1.82) is 0 Å². The number of alkyl halides is 1. The number of hydrogen-bond acceptors (Lipinski definition) is 5. The van der Waals surface area contributed by atoms with Crippen LogP contribution in [0.15, 0.2) is 30.3 Å². The Balaban J connectivity index is 1.85. The minimum atomic E-state index is -0.790. The minimum absolute atomic E-state index is 0.0213. The molecule has 3 aliphatic rings. The average molecular weight is 524 g/mol. The summed E-state index contributed by atoms with van der Waals surface area (Å²) in [4.78, 5) is 42.2. The number of fused-ring (bicyclic) bond motifs is 1. The quantitative estimate of drug-likeness (QED) is 0.511. The lowest BCUT2D eigenvalue weighted by Crippen LogP contribution is -2.58. The van der Waals surface area contributed by atoms with Gasteiger partial charge in [-0.25, -0.2) is 0 Å². The molecule has 0 aliphatic carbocycles. The number of carbonyl (C=O) groups excluding carboxylic acids is 3. The van der Waals surface area contributed by atoms with Gasteiger partial charge in [-0.15, -0.1) is 11.8 Å². The Labute approximate surface area is 201 Å². The summed E-state index contributed by atoms with van der Waals surface area (Å²) in [5.41, 5.74) is 0.275. The number of likely N-dealkylation sites (tertiary alicyclic amines) is 1. The predicted molar refractivity (Wildman–Crippen MR) is 127 cm³/mol. The summed E-state index contributed by atoms with van der Waals surface area (Å²) in [5.74, 6) is -1.79. The molecule has 9 heteroatoms. The Bertz CT molecular complexity index is 924. The first kappa shape index (κ1) is 23.6. The van der Waals surface area contributed by atoms with Crippen LogP contribution >= 0.6 is 27.7 Å². The largest absolute Gasteiger partial charge is 0.394 e. The first-order valence-electron chi connectivity index (χ1n) is 10.9. The van der Waals surface area contributed by atoms with Gasteiger partial charge in [0.2, 0.25) is 17.7 Å². The zero-order chi connectivity index (χ0) is 23.4. The molecule has 3 saturated heterocycles. The van der Waals surface area contributed by atoms with Crippen LogP contribution in [0.3, 0.4) is 0 Å². The van der Waals surface area contributed by atoms with E-state index >= 15 is 0 Å². The van der Waals surface area contributed by atoms with Gasteiger partial charge in [0.15, 0.2) is 0 Å². The van der Waals surface area contributed by atoms with Crippen LogP contribution in [0.2, 0.25) is 0 Å². The number of carbonyl (C=O) groups is 3. The summed E-state index contributed by atoms with van der Waals surface area (Å²) in [7, 11) is 1.58. The van der Waals surface area contributed by atoms with Crippen molar-refractivity contribution in [3.05, 3.63) is 35.9 Å². The van der Waals surface area contributed by atoms with Crippen molar-refractivity contribution in [2.45, 2.75) is 59.6 Å². The Kier molecular flexibility index (Phi) is 6.13. The fraction of sp³-hybridized carbons (Fsp3) is 0.609. The molecule has 32 heavy (non-hydrogen) atoms. The zero-order valence-electron chi connectivity index (χ0n) is 18.7. The molecular weight excluding hydrogens is 494 g/mol. The normalized spacial score (nSPS) is 34.4. The standard InChI is InChI=1S/C23H30BrN3O4S/c1-22(2,3)26-20(30)18-23-10-13(24)17(32-23)15(19(29)25-4)16(23)21(31)27(18)14(11-28)12-8-6-5-7-9-12/h5-9,13-18,28H,10-11H2,1-4H3,(H,25,29)(H,26,30)/t13?,14-,15+,16+,17+,18?,23?/m1/s1. The van der Waals surface area contributed by atoms with Crippen LogP contribution in [0.1, 0.15) is 38.8 Å². The molecule has 4 rings (SSSR count). The van der Waals surface area contributed by atoms with Gasteiger partial charge in [-0.2, -0.15) is 0 Å². The van der Waals surface area contributed by atoms with Crippen LogP contribution in [0.25, 0.3) is 0 Å². The number of thioether (sulfide) groups is 1. The molecule has 3 N–H and O–H groups in total. The molecule has 3 fully saturated rings. The lowest BCUT2D eigenvalue weighted by atomic mass is 9.70. The molecule has 2 bridgehead atoms. The van der Waals surface area contributed by atoms with E-state index in [2.05, 4.69) is 26.6 Å². The highest BCUT2D eigenvalue weighted by molar-refractivity contribution is 9.09. The molecular formula is C23H30BrN3O4S. The van der Waals surface area contributed by atoms with Gasteiger partial charge < -0.3 is 20.6 Å². The van der Waals surface area contributed by atoms with Gasteiger partial charge in [0, 0.05) is 22.7 Å². The van der Waals surface area contributed by atoms with Crippen molar-refractivity contribution in [2.75, 3.05) is 13.7 Å². The van der Waals surface area contributed by atoms with Gasteiger partial charge in [0.1, 0.15) is 6.04 Å². The third-order valence-corrected chi connectivity index (χ3v) is 9.94. The van der Waals surface area contributed by atoms with Crippen LogP contribution < -0.4 is 10.6 Å². The number of amides is 3. The second-order valence-corrected chi connectivity index (χ2v) is 12.6. The Hall–Kier alpha value is -1.58. The van der Waals surface area contributed by atoms with Crippen molar-refractivity contribution in [3.8, 4) is 0 Å². The molecule has 0 radical (unpaired) electrons. The SMILES string of the molecule is CNC(=O)[C@H]1[C@H]2C(=O)N([C@H](CO)c3ccccc3)C(C(=O)NC(C)(C)C)C23CC(Br)[C@@H]1S3. The molecule has 7 atom stereocenters. The fourth-order valence-corrected chi connectivity index (χ4v) is 9.24. The van der Waals surface area contributed by atoms with Crippen LogP contribution in [0.5, 0.6) is 0 Å². The second-order valence-electron chi connectivity index (χ2n) is 9.87.